The fraction of sp³-hybridized carbons (Fsp3) is 0.333. The second-order valence-electron chi connectivity index (χ2n) is 5.64. The number of nitrogens with zero attached hydrogens (tertiary/aromatic N) is 1. The minimum atomic E-state index is 0.0754. The number of ether oxygens (including phenoxy) is 1. The van der Waals surface area contributed by atoms with Gasteiger partial charge in [-0.3, -0.25) is 4.79 Å². The van der Waals surface area contributed by atoms with Crippen molar-refractivity contribution in [3.8, 4) is 5.75 Å². The molecule has 5 nitrogen and oxygen atoms in total. The standard InChI is InChI=1S/C18H20N2O3S/c21-17-9-6-14-13-15(7-8-16(14)19-17)23-11-3-4-12-24-18-5-1-2-10-20(18)22/h1-2,5,7-8,10,13H,3-4,6,9,11-12H2,(H,19,21). The molecule has 1 aromatic heterocycles. The van der Waals surface area contributed by atoms with Crippen LogP contribution < -0.4 is 14.8 Å². The molecule has 2 aromatic rings. The second-order valence-corrected chi connectivity index (χ2v) is 6.75. The Kier molecular flexibility index (Phi) is 5.59. The average molecular weight is 344 g/mol. The van der Waals surface area contributed by atoms with E-state index in [1.807, 2.05) is 30.3 Å². The monoisotopic (exact) mass is 344 g/mol. The molecular weight excluding hydrogens is 324 g/mol. The number of anilines is 1. The molecule has 1 aromatic carbocycles. The molecule has 126 valence electrons. The summed E-state index contributed by atoms with van der Waals surface area (Å²) in [6.07, 6.45) is 4.74. The van der Waals surface area contributed by atoms with E-state index < -0.39 is 0 Å². The highest BCUT2D eigenvalue weighted by Crippen LogP contribution is 2.27. The van der Waals surface area contributed by atoms with Crippen LogP contribution in [-0.4, -0.2) is 18.3 Å². The van der Waals surface area contributed by atoms with Crippen molar-refractivity contribution < 1.29 is 14.3 Å². The van der Waals surface area contributed by atoms with Crippen molar-refractivity contribution in [2.24, 2.45) is 0 Å². The molecular formula is C18H20N2O3S. The number of thioether (sulfide) groups is 1. The molecule has 6 heteroatoms. The molecule has 1 amide bonds. The SMILES string of the molecule is O=C1CCc2cc(OCCCCSc3cccc[n+]3[O-])ccc2N1. The first-order valence-electron chi connectivity index (χ1n) is 8.09. The third-order valence-corrected chi connectivity index (χ3v) is 4.92. The molecule has 1 aliphatic rings. The van der Waals surface area contributed by atoms with E-state index in [2.05, 4.69) is 5.32 Å². The van der Waals surface area contributed by atoms with Crippen LogP contribution in [0.15, 0.2) is 47.6 Å². The van der Waals surface area contributed by atoms with Crippen LogP contribution in [0.4, 0.5) is 5.69 Å². The van der Waals surface area contributed by atoms with Gasteiger partial charge < -0.3 is 15.3 Å². The zero-order chi connectivity index (χ0) is 16.8. The van der Waals surface area contributed by atoms with Gasteiger partial charge in [0.2, 0.25) is 5.91 Å². The van der Waals surface area contributed by atoms with Gasteiger partial charge in [0.15, 0.2) is 6.20 Å². The Balaban J connectivity index is 1.38. The maximum Gasteiger partial charge on any atom is 0.251 e. The number of rotatable bonds is 7. The normalized spacial score (nSPS) is 13.2. The third kappa shape index (κ3) is 4.41. The number of unbranched alkanes of at least 4 members (excludes halogenated alkanes) is 1. The van der Waals surface area contributed by atoms with E-state index in [0.29, 0.717) is 13.0 Å². The number of carbonyl (C=O) groups excluding carboxylic acids is 1. The van der Waals surface area contributed by atoms with E-state index >= 15 is 0 Å². The molecule has 0 spiro atoms. The number of benzene rings is 1. The van der Waals surface area contributed by atoms with Gasteiger partial charge in [-0.05, 0) is 49.1 Å². The van der Waals surface area contributed by atoms with Crippen LogP contribution in [0.3, 0.4) is 0 Å². The van der Waals surface area contributed by atoms with Gasteiger partial charge in [-0.15, -0.1) is 0 Å². The van der Waals surface area contributed by atoms with Crippen LogP contribution in [0.1, 0.15) is 24.8 Å². The fourth-order valence-corrected chi connectivity index (χ4v) is 3.47. The van der Waals surface area contributed by atoms with Crippen LogP contribution in [0.2, 0.25) is 0 Å². The second kappa shape index (κ2) is 8.06. The summed E-state index contributed by atoms with van der Waals surface area (Å²) >= 11 is 1.57. The highest BCUT2D eigenvalue weighted by molar-refractivity contribution is 7.99. The Morgan fingerprint density at radius 2 is 2.12 bits per heavy atom. The number of aromatic nitrogens is 1. The number of pyridine rings is 1. The van der Waals surface area contributed by atoms with Crippen LogP contribution in [0, 0.1) is 5.21 Å². The van der Waals surface area contributed by atoms with Crippen molar-refractivity contribution in [1.82, 2.24) is 0 Å². The predicted octanol–water partition coefficient (Wildman–Crippen LogP) is 3.16. The van der Waals surface area contributed by atoms with Gasteiger partial charge in [-0.1, -0.05) is 11.8 Å². The molecule has 0 unspecified atom stereocenters. The maximum absolute atomic E-state index is 11.5. The molecule has 0 radical (unpaired) electrons. The first-order valence-corrected chi connectivity index (χ1v) is 9.07. The summed E-state index contributed by atoms with van der Waals surface area (Å²) in [6, 6.07) is 11.2. The van der Waals surface area contributed by atoms with Crippen molar-refractivity contribution in [1.29, 1.82) is 0 Å². The molecule has 1 aliphatic heterocycles. The topological polar surface area (TPSA) is 65.3 Å². The Bertz CT molecular complexity index is 721. The third-order valence-electron chi connectivity index (χ3n) is 3.82. The van der Waals surface area contributed by atoms with Crippen LogP contribution in [-0.2, 0) is 11.2 Å². The summed E-state index contributed by atoms with van der Waals surface area (Å²) in [5.74, 6) is 1.82. The Morgan fingerprint density at radius 3 is 3.00 bits per heavy atom. The molecule has 0 atom stereocenters. The van der Waals surface area contributed by atoms with E-state index in [9.17, 15) is 10.0 Å². The zero-order valence-electron chi connectivity index (χ0n) is 13.4. The summed E-state index contributed by atoms with van der Waals surface area (Å²) in [5.41, 5.74) is 2.02. The number of hydrogen-bond acceptors (Lipinski definition) is 4. The van der Waals surface area contributed by atoms with Crippen molar-refractivity contribution in [2.75, 3.05) is 17.7 Å². The minimum absolute atomic E-state index is 0.0754. The zero-order valence-corrected chi connectivity index (χ0v) is 14.2. The molecule has 0 fully saturated rings. The van der Waals surface area contributed by atoms with E-state index in [0.717, 1.165) is 51.8 Å². The maximum atomic E-state index is 11.5. The molecule has 0 aliphatic carbocycles. The molecule has 0 saturated carbocycles. The van der Waals surface area contributed by atoms with Gasteiger partial charge in [-0.2, -0.15) is 4.73 Å². The lowest BCUT2D eigenvalue weighted by Gasteiger charge is -2.17. The molecule has 3 rings (SSSR count). The van der Waals surface area contributed by atoms with Gasteiger partial charge in [0.1, 0.15) is 5.75 Å². The number of fused-ring (bicyclic) bond motifs is 1. The predicted molar refractivity (Wildman–Crippen MR) is 94.2 cm³/mol. The number of aryl methyl sites for hydroxylation is 1. The summed E-state index contributed by atoms with van der Waals surface area (Å²) < 4.78 is 6.68. The highest BCUT2D eigenvalue weighted by atomic mass is 32.2. The Morgan fingerprint density at radius 1 is 1.21 bits per heavy atom. The molecule has 0 saturated heterocycles. The minimum Gasteiger partial charge on any atom is -0.618 e. The Labute approximate surface area is 145 Å². The van der Waals surface area contributed by atoms with Crippen molar-refractivity contribution in [3.05, 3.63) is 53.4 Å². The van der Waals surface area contributed by atoms with Gasteiger partial charge in [-0.25, -0.2) is 0 Å². The van der Waals surface area contributed by atoms with Gasteiger partial charge >= 0.3 is 0 Å². The number of hydrogen-bond donors (Lipinski definition) is 1. The fourth-order valence-electron chi connectivity index (χ4n) is 2.54. The number of amides is 1. The first kappa shape index (κ1) is 16.6. The van der Waals surface area contributed by atoms with Crippen molar-refractivity contribution in [3.63, 3.8) is 0 Å². The first-order chi connectivity index (χ1) is 11.7. The summed E-state index contributed by atoms with van der Waals surface area (Å²) in [4.78, 5) is 11.3. The molecule has 0 bridgehead atoms. The van der Waals surface area contributed by atoms with Gasteiger partial charge in [0.05, 0.1) is 6.61 Å². The highest BCUT2D eigenvalue weighted by Gasteiger charge is 2.14. The van der Waals surface area contributed by atoms with Crippen LogP contribution in [0.25, 0.3) is 0 Å². The van der Waals surface area contributed by atoms with E-state index in [1.165, 1.54) is 6.20 Å². The van der Waals surface area contributed by atoms with Crippen LogP contribution in [0.5, 0.6) is 5.75 Å². The summed E-state index contributed by atoms with van der Waals surface area (Å²) in [5, 5.41) is 15.1. The van der Waals surface area contributed by atoms with E-state index in [-0.39, 0.29) is 5.91 Å². The lowest BCUT2D eigenvalue weighted by Crippen LogP contribution is -2.27. The van der Waals surface area contributed by atoms with E-state index in [1.54, 1.807) is 17.8 Å². The smallest absolute Gasteiger partial charge is 0.251 e. The van der Waals surface area contributed by atoms with Crippen molar-refractivity contribution >= 4 is 23.4 Å². The number of carbonyl (C=O) groups is 1. The lowest BCUT2D eigenvalue weighted by molar-refractivity contribution is -0.645. The largest absolute Gasteiger partial charge is 0.618 e. The average Bonchev–Trinajstić information content (AvgIpc) is 2.59. The van der Waals surface area contributed by atoms with Gasteiger partial charge in [0, 0.05) is 30.0 Å². The number of nitrogens with one attached hydrogen (secondary N) is 1. The summed E-state index contributed by atoms with van der Waals surface area (Å²) in [7, 11) is 0. The molecule has 1 N–H and O–H groups in total. The van der Waals surface area contributed by atoms with E-state index in [4.69, 9.17) is 4.74 Å². The lowest BCUT2D eigenvalue weighted by atomic mass is 10.0. The molecule has 2 heterocycles. The summed E-state index contributed by atoms with van der Waals surface area (Å²) in [6.45, 7) is 0.651. The van der Waals surface area contributed by atoms with Gasteiger partial charge in [0.25, 0.3) is 5.03 Å². The van der Waals surface area contributed by atoms with Crippen LogP contribution >= 0.6 is 11.8 Å². The quantitative estimate of drug-likeness (QED) is 0.363. The Hall–Kier alpha value is -2.21. The van der Waals surface area contributed by atoms with Crippen molar-refractivity contribution in [2.45, 2.75) is 30.7 Å². The molecule has 24 heavy (non-hydrogen) atoms.